The van der Waals surface area contributed by atoms with Crippen LogP contribution in [0.4, 0.5) is 16.3 Å². The second kappa shape index (κ2) is 13.0. The van der Waals surface area contributed by atoms with Crippen LogP contribution in [0, 0.1) is 0 Å². The number of unbranched alkanes of at least 4 members (excludes halogenated alkanes) is 1. The van der Waals surface area contributed by atoms with E-state index in [2.05, 4.69) is 39.1 Å². The molecule has 210 valence electrons. The van der Waals surface area contributed by atoms with Gasteiger partial charge in [0.2, 0.25) is 10.0 Å². The first-order valence-corrected chi connectivity index (χ1v) is 15.2. The van der Waals surface area contributed by atoms with Gasteiger partial charge in [-0.15, -0.1) is 0 Å². The zero-order valence-corrected chi connectivity index (χ0v) is 23.7. The van der Waals surface area contributed by atoms with E-state index in [4.69, 9.17) is 4.74 Å². The van der Waals surface area contributed by atoms with Crippen molar-refractivity contribution in [2.24, 2.45) is 7.05 Å². The maximum absolute atomic E-state index is 13.1. The van der Waals surface area contributed by atoms with Crippen LogP contribution >= 0.6 is 0 Å². The maximum Gasteiger partial charge on any atom is 0.323 e. The fraction of sp³-hybridized carbons (Fsp3) is 0.429. The summed E-state index contributed by atoms with van der Waals surface area (Å²) in [6.07, 6.45) is 6.70. The Kier molecular flexibility index (Phi) is 9.47. The lowest BCUT2D eigenvalue weighted by molar-refractivity contribution is 0.122. The molecule has 10 nitrogen and oxygen atoms in total. The molecule has 0 bridgehead atoms. The fourth-order valence-electron chi connectivity index (χ4n) is 4.71. The van der Waals surface area contributed by atoms with Gasteiger partial charge in [-0.2, -0.15) is 5.10 Å². The molecule has 2 aromatic carbocycles. The van der Waals surface area contributed by atoms with E-state index in [0.717, 1.165) is 58.1 Å². The zero-order chi connectivity index (χ0) is 27.8. The van der Waals surface area contributed by atoms with Crippen LogP contribution in [0.25, 0.3) is 0 Å². The summed E-state index contributed by atoms with van der Waals surface area (Å²) in [7, 11) is -1.49. The van der Waals surface area contributed by atoms with Gasteiger partial charge in [-0.1, -0.05) is 25.5 Å². The van der Waals surface area contributed by atoms with Crippen LogP contribution in [0.1, 0.15) is 38.2 Å². The number of amides is 2. The van der Waals surface area contributed by atoms with Crippen molar-refractivity contribution in [3.8, 4) is 11.5 Å². The molecule has 39 heavy (non-hydrogen) atoms. The van der Waals surface area contributed by atoms with Crippen LogP contribution < -0.4 is 14.8 Å². The summed E-state index contributed by atoms with van der Waals surface area (Å²) in [5.74, 6) is 2.04. The molecule has 3 aromatic rings. The molecule has 0 spiro atoms. The minimum absolute atomic E-state index is 0.0533. The first-order valence-electron chi connectivity index (χ1n) is 13.3. The molecule has 2 amide bonds. The molecule has 0 atom stereocenters. The SMILES string of the molecule is CCCCN(C(=O)Nc1ccnn1C)C1CCN(Cc2ccc(Oc3ccc(NS(C)(=O)=O)cc3)cc2)CC1. The number of sulfonamides is 1. The summed E-state index contributed by atoms with van der Waals surface area (Å²) in [5, 5.41) is 7.16. The number of anilines is 2. The molecule has 0 radical (unpaired) electrons. The third kappa shape index (κ3) is 8.46. The quantitative estimate of drug-likeness (QED) is 0.350. The van der Waals surface area contributed by atoms with Gasteiger partial charge < -0.3 is 9.64 Å². The first-order chi connectivity index (χ1) is 18.7. The number of nitrogens with one attached hydrogen (secondary N) is 2. The highest BCUT2D eigenvalue weighted by Gasteiger charge is 2.28. The molecule has 0 saturated carbocycles. The lowest BCUT2D eigenvalue weighted by Gasteiger charge is -2.38. The number of aromatic nitrogens is 2. The summed E-state index contributed by atoms with van der Waals surface area (Å²) >= 11 is 0. The van der Waals surface area contributed by atoms with Crippen molar-refractivity contribution in [2.45, 2.75) is 45.2 Å². The molecule has 0 aliphatic carbocycles. The van der Waals surface area contributed by atoms with Gasteiger partial charge in [-0.25, -0.2) is 13.2 Å². The number of hydrogen-bond acceptors (Lipinski definition) is 6. The van der Waals surface area contributed by atoms with E-state index >= 15 is 0 Å². The van der Waals surface area contributed by atoms with Crippen LogP contribution in [0.3, 0.4) is 0 Å². The van der Waals surface area contributed by atoms with Crippen LogP contribution in [0.2, 0.25) is 0 Å². The molecule has 4 rings (SSSR count). The topological polar surface area (TPSA) is 109 Å². The van der Waals surface area contributed by atoms with Gasteiger partial charge in [0.15, 0.2) is 0 Å². The predicted octanol–water partition coefficient (Wildman–Crippen LogP) is 4.88. The van der Waals surface area contributed by atoms with E-state index in [1.807, 2.05) is 30.1 Å². The van der Waals surface area contributed by atoms with E-state index in [0.29, 0.717) is 23.0 Å². The van der Waals surface area contributed by atoms with Crippen molar-refractivity contribution < 1.29 is 17.9 Å². The Morgan fingerprint density at radius 3 is 2.26 bits per heavy atom. The standard InChI is InChI=1S/C28H38N6O4S/c1-4-5-18-34(28(35)30-27-14-17-29-32(27)2)24-15-19-33(20-16-24)21-22-6-10-25(11-7-22)38-26-12-8-23(9-13-26)31-39(3,36)37/h6-14,17,24,31H,4-5,15-16,18-21H2,1-3H3,(H,30,35). The highest BCUT2D eigenvalue weighted by Crippen LogP contribution is 2.25. The zero-order valence-electron chi connectivity index (χ0n) is 22.8. The average molecular weight is 555 g/mol. The van der Waals surface area contributed by atoms with Crippen molar-refractivity contribution in [1.82, 2.24) is 19.6 Å². The molecule has 2 heterocycles. The Hall–Kier alpha value is -3.57. The highest BCUT2D eigenvalue weighted by atomic mass is 32.2. The molecule has 0 unspecified atom stereocenters. The number of carbonyl (C=O) groups excluding carboxylic acids is 1. The van der Waals surface area contributed by atoms with Crippen LogP contribution in [0.15, 0.2) is 60.8 Å². The fourth-order valence-corrected chi connectivity index (χ4v) is 5.27. The van der Waals surface area contributed by atoms with Crippen molar-refractivity contribution in [3.05, 3.63) is 66.4 Å². The Balaban J connectivity index is 1.27. The number of likely N-dealkylation sites (tertiary alicyclic amines) is 1. The van der Waals surface area contributed by atoms with Gasteiger partial charge in [0, 0.05) is 51.0 Å². The first kappa shape index (κ1) is 28.4. The number of rotatable bonds is 11. The lowest BCUT2D eigenvalue weighted by atomic mass is 10.0. The number of nitrogens with zero attached hydrogens (tertiary/aromatic N) is 4. The summed E-state index contributed by atoms with van der Waals surface area (Å²) in [6, 6.07) is 16.8. The third-order valence-electron chi connectivity index (χ3n) is 6.79. The average Bonchev–Trinajstić information content (AvgIpc) is 3.30. The Bertz CT molecular complexity index is 1320. The van der Waals surface area contributed by atoms with E-state index in [-0.39, 0.29) is 12.1 Å². The van der Waals surface area contributed by atoms with Gasteiger partial charge in [-0.05, 0) is 61.2 Å². The van der Waals surface area contributed by atoms with Crippen molar-refractivity contribution in [3.63, 3.8) is 0 Å². The monoisotopic (exact) mass is 554 g/mol. The Morgan fingerprint density at radius 2 is 1.69 bits per heavy atom. The van der Waals surface area contributed by atoms with Crippen molar-refractivity contribution >= 4 is 27.6 Å². The van der Waals surface area contributed by atoms with Crippen LogP contribution in [-0.4, -0.2) is 66.0 Å². The van der Waals surface area contributed by atoms with E-state index < -0.39 is 10.0 Å². The molecular weight excluding hydrogens is 516 g/mol. The summed E-state index contributed by atoms with van der Waals surface area (Å²) in [4.78, 5) is 17.5. The molecule has 1 aliphatic heterocycles. The minimum Gasteiger partial charge on any atom is -0.457 e. The number of ether oxygens (including phenoxy) is 1. The molecule has 1 saturated heterocycles. The van der Waals surface area contributed by atoms with Crippen LogP contribution in [0.5, 0.6) is 11.5 Å². The number of carbonyl (C=O) groups is 1. The maximum atomic E-state index is 13.1. The van der Waals surface area contributed by atoms with Gasteiger partial charge in [0.1, 0.15) is 17.3 Å². The predicted molar refractivity (Wildman–Crippen MR) is 154 cm³/mol. The highest BCUT2D eigenvalue weighted by molar-refractivity contribution is 7.92. The van der Waals surface area contributed by atoms with Gasteiger partial charge in [0.05, 0.1) is 12.5 Å². The van der Waals surface area contributed by atoms with Crippen LogP contribution in [-0.2, 0) is 23.6 Å². The van der Waals surface area contributed by atoms with Gasteiger partial charge >= 0.3 is 6.03 Å². The molecule has 1 aliphatic rings. The minimum atomic E-state index is -3.31. The van der Waals surface area contributed by atoms with Crippen molar-refractivity contribution in [2.75, 3.05) is 35.9 Å². The van der Waals surface area contributed by atoms with E-state index in [1.165, 1.54) is 5.56 Å². The molecule has 1 fully saturated rings. The third-order valence-corrected chi connectivity index (χ3v) is 7.40. The number of benzene rings is 2. The van der Waals surface area contributed by atoms with Gasteiger partial charge in [-0.3, -0.25) is 19.6 Å². The summed E-state index contributed by atoms with van der Waals surface area (Å²) in [6.45, 7) is 5.60. The molecule has 2 N–H and O–H groups in total. The van der Waals surface area contributed by atoms with E-state index in [9.17, 15) is 13.2 Å². The van der Waals surface area contributed by atoms with E-state index in [1.54, 1.807) is 35.1 Å². The number of piperidine rings is 1. The molecular formula is C28H38N6O4S. The Morgan fingerprint density at radius 1 is 1.05 bits per heavy atom. The molecule has 11 heteroatoms. The smallest absolute Gasteiger partial charge is 0.323 e. The second-order valence-electron chi connectivity index (χ2n) is 9.97. The van der Waals surface area contributed by atoms with Crippen molar-refractivity contribution in [1.29, 1.82) is 0 Å². The normalized spacial score (nSPS) is 14.6. The van der Waals surface area contributed by atoms with Gasteiger partial charge in [0.25, 0.3) is 0 Å². The summed E-state index contributed by atoms with van der Waals surface area (Å²) < 4.78 is 32.7. The second-order valence-corrected chi connectivity index (χ2v) is 11.7. The number of hydrogen-bond donors (Lipinski definition) is 2. The molecule has 1 aromatic heterocycles. The largest absolute Gasteiger partial charge is 0.457 e. The lowest BCUT2D eigenvalue weighted by Crippen LogP contribution is -2.49. The number of aryl methyl sites for hydroxylation is 1. The number of urea groups is 1. The Labute approximate surface area is 231 Å². The summed E-state index contributed by atoms with van der Waals surface area (Å²) in [5.41, 5.74) is 1.69.